The maximum absolute atomic E-state index is 12.0. The second-order valence-corrected chi connectivity index (χ2v) is 4.71. The Balaban J connectivity index is 2.01. The van der Waals surface area contributed by atoms with Gasteiger partial charge in [-0.15, -0.1) is 0 Å². The van der Waals surface area contributed by atoms with Crippen molar-refractivity contribution in [3.63, 3.8) is 0 Å². The SMILES string of the molecule is CC(Oc1cccc(N)c1)C(=O)Nc1ccccc1Cl. The van der Waals surface area contributed by atoms with E-state index >= 15 is 0 Å². The summed E-state index contributed by atoms with van der Waals surface area (Å²) in [5.74, 6) is 0.271. The van der Waals surface area contributed by atoms with Crippen LogP contribution in [0.3, 0.4) is 0 Å². The van der Waals surface area contributed by atoms with Gasteiger partial charge in [-0.1, -0.05) is 29.8 Å². The van der Waals surface area contributed by atoms with Gasteiger partial charge in [0.25, 0.3) is 5.91 Å². The number of para-hydroxylation sites is 1. The second-order valence-electron chi connectivity index (χ2n) is 4.30. The normalized spacial score (nSPS) is 11.7. The van der Waals surface area contributed by atoms with Gasteiger partial charge in [-0.3, -0.25) is 4.79 Å². The van der Waals surface area contributed by atoms with Crippen LogP contribution in [-0.2, 0) is 4.79 Å². The van der Waals surface area contributed by atoms with E-state index in [1.165, 1.54) is 0 Å². The van der Waals surface area contributed by atoms with Crippen molar-refractivity contribution in [1.82, 2.24) is 0 Å². The Hall–Kier alpha value is -2.20. The number of nitrogens with one attached hydrogen (secondary N) is 1. The van der Waals surface area contributed by atoms with E-state index in [0.29, 0.717) is 22.1 Å². The molecule has 2 rings (SSSR count). The smallest absolute Gasteiger partial charge is 0.265 e. The Labute approximate surface area is 122 Å². The first-order chi connectivity index (χ1) is 9.56. The molecule has 0 fully saturated rings. The van der Waals surface area contributed by atoms with Gasteiger partial charge in [-0.25, -0.2) is 0 Å². The zero-order valence-corrected chi connectivity index (χ0v) is 11.7. The van der Waals surface area contributed by atoms with Crippen molar-refractivity contribution in [3.05, 3.63) is 53.6 Å². The second kappa shape index (κ2) is 6.30. The van der Waals surface area contributed by atoms with Crippen LogP contribution in [0, 0.1) is 0 Å². The van der Waals surface area contributed by atoms with Crippen molar-refractivity contribution < 1.29 is 9.53 Å². The lowest BCUT2D eigenvalue weighted by Crippen LogP contribution is -2.30. The number of benzene rings is 2. The molecule has 0 heterocycles. The molecule has 0 radical (unpaired) electrons. The maximum atomic E-state index is 12.0. The van der Waals surface area contributed by atoms with Crippen molar-refractivity contribution in [2.24, 2.45) is 0 Å². The Morgan fingerprint density at radius 3 is 2.70 bits per heavy atom. The minimum absolute atomic E-state index is 0.277. The molecule has 0 aliphatic carbocycles. The highest BCUT2D eigenvalue weighted by atomic mass is 35.5. The van der Waals surface area contributed by atoms with Gasteiger partial charge in [0.15, 0.2) is 6.10 Å². The first-order valence-corrected chi connectivity index (χ1v) is 6.51. The van der Waals surface area contributed by atoms with Crippen molar-refractivity contribution in [2.45, 2.75) is 13.0 Å². The minimum atomic E-state index is -0.659. The van der Waals surface area contributed by atoms with Gasteiger partial charge >= 0.3 is 0 Å². The van der Waals surface area contributed by atoms with Gasteiger partial charge in [-0.2, -0.15) is 0 Å². The van der Waals surface area contributed by atoms with Crippen LogP contribution in [0.5, 0.6) is 5.75 Å². The van der Waals surface area contributed by atoms with Crippen molar-refractivity contribution >= 4 is 28.9 Å². The minimum Gasteiger partial charge on any atom is -0.481 e. The Bertz CT molecular complexity index is 616. The van der Waals surface area contributed by atoms with E-state index in [1.807, 2.05) is 0 Å². The summed E-state index contributed by atoms with van der Waals surface area (Å²) < 4.78 is 5.53. The monoisotopic (exact) mass is 290 g/mol. The number of nitrogen functional groups attached to an aromatic ring is 1. The number of anilines is 2. The molecule has 2 aromatic rings. The number of hydrogen-bond donors (Lipinski definition) is 2. The summed E-state index contributed by atoms with van der Waals surface area (Å²) in [7, 11) is 0. The van der Waals surface area contributed by atoms with Gasteiger partial charge in [0.05, 0.1) is 10.7 Å². The van der Waals surface area contributed by atoms with E-state index in [-0.39, 0.29) is 5.91 Å². The molecule has 4 nitrogen and oxygen atoms in total. The number of carbonyl (C=O) groups excluding carboxylic acids is 1. The van der Waals surface area contributed by atoms with Crippen LogP contribution in [0.4, 0.5) is 11.4 Å². The third kappa shape index (κ3) is 3.65. The molecule has 1 amide bonds. The maximum Gasteiger partial charge on any atom is 0.265 e. The van der Waals surface area contributed by atoms with Crippen LogP contribution in [0.25, 0.3) is 0 Å². The summed E-state index contributed by atoms with van der Waals surface area (Å²) >= 11 is 5.98. The van der Waals surface area contributed by atoms with Crippen LogP contribution >= 0.6 is 11.6 Å². The summed E-state index contributed by atoms with van der Waals surface area (Å²) in [5.41, 5.74) is 6.80. The molecule has 0 bridgehead atoms. The van der Waals surface area contributed by atoms with Crippen molar-refractivity contribution in [2.75, 3.05) is 11.1 Å². The van der Waals surface area contributed by atoms with E-state index in [4.69, 9.17) is 22.1 Å². The number of nitrogens with two attached hydrogens (primary N) is 1. The zero-order chi connectivity index (χ0) is 14.5. The number of rotatable bonds is 4. The molecule has 104 valence electrons. The molecule has 0 aliphatic rings. The fourth-order valence-corrected chi connectivity index (χ4v) is 1.83. The number of carbonyl (C=O) groups is 1. The van der Waals surface area contributed by atoms with Gasteiger partial charge in [-0.05, 0) is 31.2 Å². The first-order valence-electron chi connectivity index (χ1n) is 6.14. The highest BCUT2D eigenvalue weighted by Crippen LogP contribution is 2.21. The predicted octanol–water partition coefficient (Wildman–Crippen LogP) is 3.33. The molecule has 0 aromatic heterocycles. The van der Waals surface area contributed by atoms with E-state index in [9.17, 15) is 4.79 Å². The summed E-state index contributed by atoms with van der Waals surface area (Å²) in [6.45, 7) is 1.66. The average Bonchev–Trinajstić information content (AvgIpc) is 2.41. The lowest BCUT2D eigenvalue weighted by Gasteiger charge is -2.15. The predicted molar refractivity (Wildman–Crippen MR) is 81.0 cm³/mol. The fourth-order valence-electron chi connectivity index (χ4n) is 1.64. The molecular formula is C15H15ClN2O2. The summed E-state index contributed by atoms with van der Waals surface area (Å²) in [6, 6.07) is 14.0. The average molecular weight is 291 g/mol. The number of ether oxygens (including phenoxy) is 1. The van der Waals surface area contributed by atoms with Crippen LogP contribution in [0.2, 0.25) is 5.02 Å². The van der Waals surface area contributed by atoms with Crippen LogP contribution in [0.15, 0.2) is 48.5 Å². The number of halogens is 1. The quantitative estimate of drug-likeness (QED) is 0.849. The molecule has 5 heteroatoms. The zero-order valence-electron chi connectivity index (χ0n) is 11.0. The fraction of sp³-hybridized carbons (Fsp3) is 0.133. The lowest BCUT2D eigenvalue weighted by molar-refractivity contribution is -0.122. The third-order valence-electron chi connectivity index (χ3n) is 2.67. The molecular weight excluding hydrogens is 276 g/mol. The summed E-state index contributed by atoms with van der Waals surface area (Å²) in [5, 5.41) is 3.20. The van der Waals surface area contributed by atoms with Gasteiger partial charge in [0.1, 0.15) is 5.75 Å². The molecule has 2 aromatic carbocycles. The highest BCUT2D eigenvalue weighted by Gasteiger charge is 2.15. The summed E-state index contributed by atoms with van der Waals surface area (Å²) in [4.78, 5) is 12.0. The lowest BCUT2D eigenvalue weighted by atomic mass is 10.3. The Morgan fingerprint density at radius 1 is 1.25 bits per heavy atom. The Morgan fingerprint density at radius 2 is 2.00 bits per heavy atom. The molecule has 3 N–H and O–H groups in total. The van der Waals surface area contributed by atoms with Crippen molar-refractivity contribution in [3.8, 4) is 5.75 Å². The Kier molecular flexibility index (Phi) is 4.48. The van der Waals surface area contributed by atoms with Crippen molar-refractivity contribution in [1.29, 1.82) is 0 Å². The first kappa shape index (κ1) is 14.2. The molecule has 0 aliphatic heterocycles. The van der Waals surface area contributed by atoms with Crippen LogP contribution in [-0.4, -0.2) is 12.0 Å². The summed E-state index contributed by atoms with van der Waals surface area (Å²) in [6.07, 6.45) is -0.659. The van der Waals surface area contributed by atoms with Crippen LogP contribution in [0.1, 0.15) is 6.92 Å². The molecule has 0 saturated heterocycles. The molecule has 0 spiro atoms. The molecule has 1 atom stereocenters. The highest BCUT2D eigenvalue weighted by molar-refractivity contribution is 6.33. The number of amides is 1. The standard InChI is InChI=1S/C15H15ClN2O2/c1-10(20-12-6-4-5-11(17)9-12)15(19)18-14-8-3-2-7-13(14)16/h2-10H,17H2,1H3,(H,18,19). The topological polar surface area (TPSA) is 64.3 Å². The van der Waals surface area contributed by atoms with E-state index < -0.39 is 6.10 Å². The third-order valence-corrected chi connectivity index (χ3v) is 3.00. The van der Waals surface area contributed by atoms with E-state index in [1.54, 1.807) is 55.5 Å². The van der Waals surface area contributed by atoms with E-state index in [0.717, 1.165) is 0 Å². The molecule has 0 saturated carbocycles. The van der Waals surface area contributed by atoms with Gasteiger partial charge in [0, 0.05) is 11.8 Å². The largest absolute Gasteiger partial charge is 0.481 e. The molecule has 20 heavy (non-hydrogen) atoms. The number of hydrogen-bond acceptors (Lipinski definition) is 3. The van der Waals surface area contributed by atoms with Crippen LogP contribution < -0.4 is 15.8 Å². The van der Waals surface area contributed by atoms with E-state index in [2.05, 4.69) is 5.32 Å². The molecule has 1 unspecified atom stereocenters. The van der Waals surface area contributed by atoms with Gasteiger partial charge < -0.3 is 15.8 Å². The van der Waals surface area contributed by atoms with Gasteiger partial charge in [0.2, 0.25) is 0 Å².